The highest BCUT2D eigenvalue weighted by Crippen LogP contribution is 2.20. The van der Waals surface area contributed by atoms with Crippen molar-refractivity contribution < 1.29 is 16.8 Å². The summed E-state index contributed by atoms with van der Waals surface area (Å²) in [4.78, 5) is 0.108. The summed E-state index contributed by atoms with van der Waals surface area (Å²) in [6, 6.07) is 15.7. The number of nitrogens with one attached hydrogen (secondary N) is 1. The van der Waals surface area contributed by atoms with Crippen LogP contribution in [0.1, 0.15) is 12.0 Å². The van der Waals surface area contributed by atoms with Crippen molar-refractivity contribution in [1.29, 1.82) is 0 Å². The topological polar surface area (TPSA) is 86.8 Å². The van der Waals surface area contributed by atoms with Gasteiger partial charge in [-0.3, -0.25) is 0 Å². The van der Waals surface area contributed by atoms with Gasteiger partial charge in [0.05, 0.1) is 10.6 Å². The third-order valence-electron chi connectivity index (χ3n) is 5.24. The Balaban J connectivity index is 1.73. The second kappa shape index (κ2) is 10.9. The van der Waals surface area contributed by atoms with E-state index < -0.39 is 20.0 Å². The molecule has 0 aliphatic carbocycles. The molecule has 1 saturated heterocycles. The molecule has 3 rings (SSSR count). The van der Waals surface area contributed by atoms with Gasteiger partial charge in [-0.15, -0.1) is 0 Å². The van der Waals surface area contributed by atoms with Crippen LogP contribution in [0.15, 0.2) is 59.5 Å². The lowest BCUT2D eigenvalue weighted by Gasteiger charge is -2.28. The molecule has 10 heteroatoms. The van der Waals surface area contributed by atoms with Crippen molar-refractivity contribution in [1.82, 2.24) is 13.9 Å². The maximum atomic E-state index is 13.2. The molecule has 0 amide bonds. The van der Waals surface area contributed by atoms with Gasteiger partial charge in [-0.25, -0.2) is 16.8 Å². The van der Waals surface area contributed by atoms with Crippen LogP contribution in [-0.4, -0.2) is 70.5 Å². The Morgan fingerprint density at radius 2 is 1.55 bits per heavy atom. The van der Waals surface area contributed by atoms with Crippen LogP contribution in [0.5, 0.6) is 0 Å². The Hall–Kier alpha value is -1.49. The van der Waals surface area contributed by atoms with Gasteiger partial charge in [-0.1, -0.05) is 41.9 Å². The average Bonchev–Trinajstić information content (AvgIpc) is 2.77. The van der Waals surface area contributed by atoms with Crippen molar-refractivity contribution in [3.05, 3.63) is 65.2 Å². The minimum atomic E-state index is -3.85. The second-order valence-corrected chi connectivity index (χ2v) is 11.9. The van der Waals surface area contributed by atoms with Gasteiger partial charge in [0.15, 0.2) is 0 Å². The Morgan fingerprint density at radius 1 is 0.903 bits per heavy atom. The number of benzene rings is 2. The molecule has 1 aliphatic heterocycles. The zero-order valence-corrected chi connectivity index (χ0v) is 19.7. The smallest absolute Gasteiger partial charge is 0.243 e. The van der Waals surface area contributed by atoms with Gasteiger partial charge in [0.25, 0.3) is 0 Å². The highest BCUT2D eigenvalue weighted by molar-refractivity contribution is 7.90. The highest BCUT2D eigenvalue weighted by Gasteiger charge is 2.29. The molecule has 0 saturated carbocycles. The van der Waals surface area contributed by atoms with Crippen LogP contribution in [0, 0.1) is 0 Å². The van der Waals surface area contributed by atoms with Crippen LogP contribution in [0.3, 0.4) is 0 Å². The average molecular weight is 486 g/mol. The van der Waals surface area contributed by atoms with Crippen LogP contribution in [-0.2, 0) is 26.5 Å². The van der Waals surface area contributed by atoms with E-state index in [2.05, 4.69) is 5.32 Å². The SMILES string of the molecule is O=S(=O)(CCN(CCCc1ccccc1)S(=O)(=O)c1ccc(Cl)cc1)N1CCNCC1. The van der Waals surface area contributed by atoms with Gasteiger partial charge >= 0.3 is 0 Å². The highest BCUT2D eigenvalue weighted by atomic mass is 35.5. The third kappa shape index (κ3) is 6.74. The number of rotatable bonds is 10. The first-order valence-corrected chi connectivity index (χ1v) is 13.7. The molecule has 0 atom stereocenters. The zero-order valence-electron chi connectivity index (χ0n) is 17.3. The summed E-state index contributed by atoms with van der Waals surface area (Å²) in [6.07, 6.45) is 1.29. The molecular weight excluding hydrogens is 458 g/mol. The molecule has 0 aromatic heterocycles. The summed E-state index contributed by atoms with van der Waals surface area (Å²) in [5.41, 5.74) is 1.11. The molecule has 1 fully saturated rings. The maximum absolute atomic E-state index is 13.2. The van der Waals surface area contributed by atoms with Gasteiger partial charge in [0.2, 0.25) is 20.0 Å². The van der Waals surface area contributed by atoms with Crippen molar-refractivity contribution in [2.75, 3.05) is 45.0 Å². The van der Waals surface area contributed by atoms with Crippen LogP contribution in [0.2, 0.25) is 5.02 Å². The molecule has 1 aliphatic rings. The fraction of sp³-hybridized carbons (Fsp3) is 0.429. The number of piperazine rings is 1. The Labute approximate surface area is 190 Å². The Morgan fingerprint density at radius 3 is 2.19 bits per heavy atom. The standard InChI is InChI=1S/C21H28ClN3O4S2/c22-20-8-10-21(11-9-20)31(28,29)25(14-4-7-19-5-2-1-3-6-19)17-18-30(26,27)24-15-12-23-13-16-24/h1-3,5-6,8-11,23H,4,7,12-18H2. The summed E-state index contributed by atoms with van der Waals surface area (Å²) >= 11 is 5.90. The van der Waals surface area contributed by atoms with E-state index in [1.54, 1.807) is 0 Å². The number of sulfonamides is 2. The van der Waals surface area contributed by atoms with E-state index in [0.29, 0.717) is 44.0 Å². The fourth-order valence-corrected chi connectivity index (χ4v) is 6.65. The van der Waals surface area contributed by atoms with E-state index in [-0.39, 0.29) is 23.7 Å². The normalized spacial score (nSPS) is 15.9. The molecule has 7 nitrogen and oxygen atoms in total. The second-order valence-electron chi connectivity index (χ2n) is 7.41. The lowest BCUT2D eigenvalue weighted by molar-refractivity contribution is 0.355. The van der Waals surface area contributed by atoms with Crippen molar-refractivity contribution in [2.24, 2.45) is 0 Å². The number of nitrogens with zero attached hydrogens (tertiary/aromatic N) is 2. The van der Waals surface area contributed by atoms with E-state index in [0.717, 1.165) is 5.56 Å². The van der Waals surface area contributed by atoms with E-state index in [1.807, 2.05) is 30.3 Å². The summed E-state index contributed by atoms with van der Waals surface area (Å²) < 4.78 is 54.7. The van der Waals surface area contributed by atoms with Crippen molar-refractivity contribution in [3.8, 4) is 0 Å². The molecule has 170 valence electrons. The molecule has 0 bridgehead atoms. The molecule has 1 N–H and O–H groups in total. The zero-order chi connectivity index (χ0) is 22.3. The maximum Gasteiger partial charge on any atom is 0.243 e. The Bertz CT molecular complexity index is 1040. The van der Waals surface area contributed by atoms with Crippen molar-refractivity contribution in [2.45, 2.75) is 17.7 Å². The third-order valence-corrected chi connectivity index (χ3v) is 9.25. The van der Waals surface area contributed by atoms with E-state index in [4.69, 9.17) is 11.6 Å². The summed E-state index contributed by atoms with van der Waals surface area (Å²) in [5.74, 6) is -0.245. The largest absolute Gasteiger partial charge is 0.314 e. The first-order valence-electron chi connectivity index (χ1n) is 10.3. The summed E-state index contributed by atoms with van der Waals surface area (Å²) in [7, 11) is -7.38. The molecule has 0 spiro atoms. The molecule has 2 aromatic rings. The molecule has 31 heavy (non-hydrogen) atoms. The van der Waals surface area contributed by atoms with Gasteiger partial charge < -0.3 is 5.32 Å². The van der Waals surface area contributed by atoms with Gasteiger partial charge in [0.1, 0.15) is 0 Å². The Kier molecular flexibility index (Phi) is 8.49. The van der Waals surface area contributed by atoms with E-state index in [9.17, 15) is 16.8 Å². The fourth-order valence-electron chi connectivity index (χ4n) is 3.48. The van der Waals surface area contributed by atoms with Gasteiger partial charge in [-0.2, -0.15) is 8.61 Å². The van der Waals surface area contributed by atoms with Gasteiger partial charge in [0, 0.05) is 44.3 Å². The molecule has 0 radical (unpaired) electrons. The predicted octanol–water partition coefficient (Wildman–Crippen LogP) is 2.20. The molecular formula is C21H28ClN3O4S2. The summed E-state index contributed by atoms with van der Waals surface area (Å²) in [5, 5.41) is 3.56. The van der Waals surface area contributed by atoms with Crippen LogP contribution in [0.25, 0.3) is 0 Å². The lowest BCUT2D eigenvalue weighted by atomic mass is 10.1. The molecule has 2 aromatic carbocycles. The minimum Gasteiger partial charge on any atom is -0.314 e. The number of hydrogen-bond donors (Lipinski definition) is 1. The summed E-state index contributed by atoms with van der Waals surface area (Å²) in [6.45, 7) is 2.15. The van der Waals surface area contributed by atoms with E-state index >= 15 is 0 Å². The quantitative estimate of drug-likeness (QED) is 0.557. The van der Waals surface area contributed by atoms with Crippen LogP contribution >= 0.6 is 11.6 Å². The van der Waals surface area contributed by atoms with Crippen LogP contribution in [0.4, 0.5) is 0 Å². The first-order chi connectivity index (χ1) is 14.8. The predicted molar refractivity (Wildman–Crippen MR) is 123 cm³/mol. The van der Waals surface area contributed by atoms with Gasteiger partial charge in [-0.05, 0) is 42.7 Å². The lowest BCUT2D eigenvalue weighted by Crippen LogP contribution is -2.48. The molecule has 0 unspecified atom stereocenters. The minimum absolute atomic E-state index is 0.0913. The van der Waals surface area contributed by atoms with Crippen molar-refractivity contribution >= 4 is 31.6 Å². The number of aryl methyl sites for hydroxylation is 1. The number of halogens is 1. The molecule has 1 heterocycles. The van der Waals surface area contributed by atoms with E-state index in [1.165, 1.54) is 32.9 Å². The van der Waals surface area contributed by atoms with Crippen molar-refractivity contribution in [3.63, 3.8) is 0 Å². The van der Waals surface area contributed by atoms with Crippen LogP contribution < -0.4 is 5.32 Å². The monoisotopic (exact) mass is 485 g/mol. The first kappa shape index (κ1) is 24.2. The number of hydrogen-bond acceptors (Lipinski definition) is 5.